The van der Waals surface area contributed by atoms with Crippen LogP contribution < -0.4 is 10.6 Å². The first-order valence-corrected chi connectivity index (χ1v) is 9.96. The van der Waals surface area contributed by atoms with Crippen LogP contribution in [-0.4, -0.2) is 26.6 Å². The Balaban J connectivity index is 1.60. The molecule has 0 aliphatic heterocycles. The molecular weight excluding hydrogens is 374 g/mol. The van der Waals surface area contributed by atoms with E-state index < -0.39 is 0 Å². The Hall–Kier alpha value is -3.00. The van der Waals surface area contributed by atoms with Gasteiger partial charge in [0.25, 0.3) is 5.91 Å². The third-order valence-electron chi connectivity index (χ3n) is 4.40. The molecule has 2 aromatic heterocycles. The lowest BCUT2D eigenvalue weighted by Gasteiger charge is -2.11. The Bertz CT molecular complexity index is 978. The summed E-state index contributed by atoms with van der Waals surface area (Å²) in [6.45, 7) is 4.23. The Labute approximate surface area is 167 Å². The van der Waals surface area contributed by atoms with Crippen molar-refractivity contribution < 1.29 is 9.59 Å². The zero-order chi connectivity index (χ0) is 20.1. The fraction of sp³-hybridized carbons (Fsp3) is 0.300. The van der Waals surface area contributed by atoms with Crippen LogP contribution in [0.15, 0.2) is 42.0 Å². The number of thiazole rings is 1. The summed E-state index contributed by atoms with van der Waals surface area (Å²) in [6, 6.07) is 7.47. The average Bonchev–Trinajstić information content (AvgIpc) is 3.34. The summed E-state index contributed by atoms with van der Waals surface area (Å²) in [5.74, 6) is -0.281. The van der Waals surface area contributed by atoms with Gasteiger partial charge in [-0.25, -0.2) is 4.98 Å². The van der Waals surface area contributed by atoms with Gasteiger partial charge in [-0.05, 0) is 24.1 Å². The summed E-state index contributed by atoms with van der Waals surface area (Å²) in [4.78, 5) is 28.8. The van der Waals surface area contributed by atoms with Gasteiger partial charge in [0, 0.05) is 42.3 Å². The summed E-state index contributed by atoms with van der Waals surface area (Å²) in [7, 11) is 1.84. The van der Waals surface area contributed by atoms with Crippen LogP contribution in [0.3, 0.4) is 0 Å². The van der Waals surface area contributed by atoms with Gasteiger partial charge in [0.05, 0.1) is 6.20 Å². The third-order valence-corrected chi connectivity index (χ3v) is 5.29. The fourth-order valence-electron chi connectivity index (χ4n) is 2.53. The van der Waals surface area contributed by atoms with Crippen molar-refractivity contribution in [1.29, 1.82) is 0 Å². The lowest BCUT2D eigenvalue weighted by molar-refractivity contribution is -0.119. The number of carbonyl (C=O) groups excluding carboxylic acids is 2. The van der Waals surface area contributed by atoms with Gasteiger partial charge in [0.2, 0.25) is 5.91 Å². The molecule has 1 aromatic carbocycles. The second-order valence-corrected chi connectivity index (χ2v) is 7.48. The highest BCUT2D eigenvalue weighted by molar-refractivity contribution is 7.13. The minimum atomic E-state index is -0.236. The standard InChI is InChI=1S/C20H23N5O2S/c1-4-13(2)18(26)23-16-7-5-6-14(8-16)9-21-19(27)17-12-28-20(24-17)15-10-22-25(3)11-15/h5-8,10-13H,4,9H2,1-3H3,(H,21,27)(H,23,26). The van der Waals surface area contributed by atoms with E-state index >= 15 is 0 Å². The van der Waals surface area contributed by atoms with Crippen LogP contribution in [0.2, 0.25) is 0 Å². The number of benzene rings is 1. The minimum absolute atomic E-state index is 0.00547. The molecule has 0 fully saturated rings. The molecule has 8 heteroatoms. The molecule has 0 aliphatic rings. The maximum absolute atomic E-state index is 12.4. The van der Waals surface area contributed by atoms with Gasteiger partial charge < -0.3 is 10.6 Å². The number of aryl methyl sites for hydroxylation is 1. The van der Waals surface area contributed by atoms with Crippen molar-refractivity contribution in [2.24, 2.45) is 13.0 Å². The van der Waals surface area contributed by atoms with E-state index in [1.807, 2.05) is 51.4 Å². The van der Waals surface area contributed by atoms with Crippen LogP contribution in [-0.2, 0) is 18.4 Å². The molecule has 0 saturated carbocycles. The Morgan fingerprint density at radius 2 is 2.14 bits per heavy atom. The van der Waals surface area contributed by atoms with Crippen LogP contribution in [0.1, 0.15) is 36.3 Å². The monoisotopic (exact) mass is 397 g/mol. The second-order valence-electron chi connectivity index (χ2n) is 6.62. The number of nitrogens with one attached hydrogen (secondary N) is 2. The van der Waals surface area contributed by atoms with E-state index in [9.17, 15) is 9.59 Å². The van der Waals surface area contributed by atoms with Crippen LogP contribution in [0.25, 0.3) is 10.6 Å². The Morgan fingerprint density at radius 1 is 1.32 bits per heavy atom. The third kappa shape index (κ3) is 4.83. The van der Waals surface area contributed by atoms with Crippen molar-refractivity contribution in [1.82, 2.24) is 20.1 Å². The van der Waals surface area contributed by atoms with Gasteiger partial charge in [0.15, 0.2) is 0 Å². The van der Waals surface area contributed by atoms with Crippen molar-refractivity contribution >= 4 is 28.8 Å². The second kappa shape index (κ2) is 8.79. The molecule has 0 radical (unpaired) electrons. The molecule has 2 amide bonds. The summed E-state index contributed by atoms with van der Waals surface area (Å²) >= 11 is 1.41. The van der Waals surface area contributed by atoms with E-state index in [0.717, 1.165) is 28.2 Å². The Kier molecular flexibility index (Phi) is 6.20. The van der Waals surface area contributed by atoms with E-state index in [4.69, 9.17) is 0 Å². The maximum Gasteiger partial charge on any atom is 0.271 e. The molecular formula is C20H23N5O2S. The first-order chi connectivity index (χ1) is 13.5. The molecule has 1 atom stereocenters. The van der Waals surface area contributed by atoms with Crippen LogP contribution in [0.5, 0.6) is 0 Å². The number of carbonyl (C=O) groups is 2. The SMILES string of the molecule is CCC(C)C(=O)Nc1cccc(CNC(=O)c2csc(-c3cnn(C)c3)n2)c1. The zero-order valence-electron chi connectivity index (χ0n) is 16.1. The highest BCUT2D eigenvalue weighted by Crippen LogP contribution is 2.23. The minimum Gasteiger partial charge on any atom is -0.347 e. The normalized spacial score (nSPS) is 11.8. The van der Waals surface area contributed by atoms with Gasteiger partial charge in [-0.15, -0.1) is 11.3 Å². The number of rotatable bonds is 7. The number of anilines is 1. The van der Waals surface area contributed by atoms with E-state index in [0.29, 0.717) is 12.2 Å². The highest BCUT2D eigenvalue weighted by Gasteiger charge is 2.13. The molecule has 0 saturated heterocycles. The first kappa shape index (κ1) is 19.8. The predicted molar refractivity (Wildman–Crippen MR) is 110 cm³/mol. The molecule has 0 bridgehead atoms. The summed E-state index contributed by atoms with van der Waals surface area (Å²) in [6.07, 6.45) is 4.37. The maximum atomic E-state index is 12.4. The summed E-state index contributed by atoms with van der Waals surface area (Å²) in [5.41, 5.74) is 2.89. The fourth-order valence-corrected chi connectivity index (χ4v) is 3.30. The smallest absolute Gasteiger partial charge is 0.271 e. The van der Waals surface area contributed by atoms with Gasteiger partial charge >= 0.3 is 0 Å². The van der Waals surface area contributed by atoms with Crippen molar-refractivity contribution in [3.05, 3.63) is 53.3 Å². The summed E-state index contributed by atoms with van der Waals surface area (Å²) in [5, 5.41) is 12.4. The number of hydrogen-bond acceptors (Lipinski definition) is 5. The molecule has 2 heterocycles. The van der Waals surface area contributed by atoms with E-state index in [2.05, 4.69) is 20.7 Å². The van der Waals surface area contributed by atoms with Gasteiger partial charge in [-0.2, -0.15) is 5.10 Å². The molecule has 1 unspecified atom stereocenters. The van der Waals surface area contributed by atoms with Crippen molar-refractivity contribution in [3.63, 3.8) is 0 Å². The Morgan fingerprint density at radius 3 is 2.86 bits per heavy atom. The van der Waals surface area contributed by atoms with E-state index in [1.54, 1.807) is 16.3 Å². The number of hydrogen-bond donors (Lipinski definition) is 2. The molecule has 3 aromatic rings. The molecule has 3 rings (SSSR count). The molecule has 0 spiro atoms. The van der Waals surface area contributed by atoms with Crippen LogP contribution in [0.4, 0.5) is 5.69 Å². The first-order valence-electron chi connectivity index (χ1n) is 9.08. The van der Waals surface area contributed by atoms with Crippen molar-refractivity contribution in [3.8, 4) is 10.6 Å². The molecule has 2 N–H and O–H groups in total. The topological polar surface area (TPSA) is 88.9 Å². The molecule has 7 nitrogen and oxygen atoms in total. The van der Waals surface area contributed by atoms with E-state index in [1.165, 1.54) is 11.3 Å². The summed E-state index contributed by atoms with van der Waals surface area (Å²) < 4.78 is 1.70. The van der Waals surface area contributed by atoms with Gasteiger partial charge in [0.1, 0.15) is 10.7 Å². The lowest BCUT2D eigenvalue weighted by atomic mass is 10.1. The van der Waals surface area contributed by atoms with Crippen molar-refractivity contribution in [2.75, 3.05) is 5.32 Å². The largest absolute Gasteiger partial charge is 0.347 e. The molecule has 0 aliphatic carbocycles. The number of amides is 2. The van der Waals surface area contributed by atoms with Crippen LogP contribution in [0, 0.1) is 5.92 Å². The van der Waals surface area contributed by atoms with Crippen LogP contribution >= 0.6 is 11.3 Å². The van der Waals surface area contributed by atoms with Gasteiger partial charge in [-0.3, -0.25) is 14.3 Å². The van der Waals surface area contributed by atoms with E-state index in [-0.39, 0.29) is 17.7 Å². The van der Waals surface area contributed by atoms with Gasteiger partial charge in [-0.1, -0.05) is 26.0 Å². The molecule has 146 valence electrons. The highest BCUT2D eigenvalue weighted by atomic mass is 32.1. The molecule has 28 heavy (non-hydrogen) atoms. The lowest BCUT2D eigenvalue weighted by Crippen LogP contribution is -2.23. The van der Waals surface area contributed by atoms with Crippen molar-refractivity contribution in [2.45, 2.75) is 26.8 Å². The number of aromatic nitrogens is 3. The number of nitrogens with zero attached hydrogens (tertiary/aromatic N) is 3. The zero-order valence-corrected chi connectivity index (χ0v) is 16.9. The quantitative estimate of drug-likeness (QED) is 0.639. The predicted octanol–water partition coefficient (Wildman–Crippen LogP) is 3.46. The average molecular weight is 398 g/mol.